The van der Waals surface area contributed by atoms with Crippen LogP contribution in [-0.4, -0.2) is 51.4 Å². The number of hydrogen-bond acceptors (Lipinski definition) is 5. The lowest BCUT2D eigenvalue weighted by Gasteiger charge is -2.31. The van der Waals surface area contributed by atoms with Crippen molar-refractivity contribution >= 4 is 32.3 Å². The van der Waals surface area contributed by atoms with Gasteiger partial charge in [-0.25, -0.2) is 8.42 Å². The van der Waals surface area contributed by atoms with E-state index >= 15 is 0 Å². The van der Waals surface area contributed by atoms with Crippen molar-refractivity contribution < 1.29 is 18.1 Å². The summed E-state index contributed by atoms with van der Waals surface area (Å²) in [5.41, 5.74) is 2.23. The number of carbonyl (C=O) groups is 1. The number of hydrogen-bond donors (Lipinski definition) is 2. The molecule has 148 valence electrons. The van der Waals surface area contributed by atoms with E-state index < -0.39 is 10.0 Å². The SMILES string of the molecule is Cc1ccc(S(=O)(=O)N2CC[NH+](CC(=O)Nc3sccc3C#N)CC2)c(C)c1. The first-order chi connectivity index (χ1) is 13.3. The molecule has 1 aliphatic heterocycles. The monoisotopic (exact) mass is 419 g/mol. The van der Waals surface area contributed by atoms with E-state index in [4.69, 9.17) is 5.26 Å². The summed E-state index contributed by atoms with van der Waals surface area (Å²) >= 11 is 1.32. The molecule has 28 heavy (non-hydrogen) atoms. The van der Waals surface area contributed by atoms with Crippen molar-refractivity contribution in [3.8, 4) is 6.07 Å². The van der Waals surface area contributed by atoms with Crippen molar-refractivity contribution in [2.24, 2.45) is 0 Å². The second kappa shape index (κ2) is 8.41. The van der Waals surface area contributed by atoms with E-state index in [1.54, 1.807) is 17.5 Å². The summed E-state index contributed by atoms with van der Waals surface area (Å²) in [6.07, 6.45) is 0. The Morgan fingerprint density at radius 2 is 2.00 bits per heavy atom. The summed E-state index contributed by atoms with van der Waals surface area (Å²) < 4.78 is 27.4. The molecule has 0 atom stereocenters. The van der Waals surface area contributed by atoms with E-state index in [9.17, 15) is 13.2 Å². The van der Waals surface area contributed by atoms with Gasteiger partial charge in [0.05, 0.1) is 36.6 Å². The first-order valence-corrected chi connectivity index (χ1v) is 11.3. The molecule has 1 amide bonds. The third-order valence-corrected chi connectivity index (χ3v) is 7.72. The minimum Gasteiger partial charge on any atom is -0.325 e. The molecule has 1 aromatic carbocycles. The number of aryl methyl sites for hydroxylation is 2. The molecular weight excluding hydrogens is 396 g/mol. The van der Waals surface area contributed by atoms with Crippen LogP contribution in [0.4, 0.5) is 5.00 Å². The molecular formula is C19H23N4O3S2+. The number of anilines is 1. The maximum atomic E-state index is 12.9. The number of carbonyl (C=O) groups excluding carboxylic acids is 1. The molecule has 1 aromatic heterocycles. The average molecular weight is 420 g/mol. The molecule has 7 nitrogen and oxygen atoms in total. The minimum absolute atomic E-state index is 0.167. The van der Waals surface area contributed by atoms with E-state index in [0.717, 1.165) is 16.0 Å². The normalized spacial score (nSPS) is 15.9. The minimum atomic E-state index is -3.53. The Morgan fingerprint density at radius 1 is 1.29 bits per heavy atom. The molecule has 2 heterocycles. The van der Waals surface area contributed by atoms with E-state index in [1.807, 2.05) is 32.0 Å². The Balaban J connectivity index is 1.58. The standard InChI is InChI=1S/C19H22N4O3S2/c1-14-3-4-17(15(2)11-14)28(25,26)23-8-6-22(7-9-23)13-18(24)21-19-16(12-20)5-10-27-19/h3-5,10-11H,6-9,13H2,1-2H3,(H,21,24)/p+1. The summed E-state index contributed by atoms with van der Waals surface area (Å²) in [7, 11) is -3.53. The van der Waals surface area contributed by atoms with Crippen LogP contribution in [0.2, 0.25) is 0 Å². The van der Waals surface area contributed by atoms with E-state index in [-0.39, 0.29) is 12.5 Å². The van der Waals surface area contributed by atoms with Crippen molar-refractivity contribution in [2.45, 2.75) is 18.7 Å². The zero-order chi connectivity index (χ0) is 20.3. The number of quaternary nitrogens is 1. The number of benzene rings is 1. The van der Waals surface area contributed by atoms with Gasteiger partial charge in [0.2, 0.25) is 10.0 Å². The molecule has 2 N–H and O–H groups in total. The fraction of sp³-hybridized carbons (Fsp3) is 0.368. The topological polar surface area (TPSA) is 94.7 Å². The summed E-state index contributed by atoms with van der Waals surface area (Å²) in [5.74, 6) is -0.167. The maximum absolute atomic E-state index is 12.9. The van der Waals surface area contributed by atoms with Gasteiger partial charge < -0.3 is 10.2 Å². The van der Waals surface area contributed by atoms with Gasteiger partial charge in [-0.05, 0) is 36.9 Å². The summed E-state index contributed by atoms with van der Waals surface area (Å²) in [4.78, 5) is 13.6. The predicted octanol–water partition coefficient (Wildman–Crippen LogP) is 0.765. The molecule has 9 heteroatoms. The number of nitriles is 1. The molecule has 0 unspecified atom stereocenters. The second-order valence-corrected chi connectivity index (χ2v) is 9.75. The van der Waals surface area contributed by atoms with E-state index in [2.05, 4.69) is 5.32 Å². The van der Waals surface area contributed by atoms with Gasteiger partial charge in [0.15, 0.2) is 6.54 Å². The van der Waals surface area contributed by atoms with Crippen molar-refractivity contribution in [2.75, 3.05) is 38.0 Å². The van der Waals surface area contributed by atoms with Gasteiger partial charge >= 0.3 is 0 Å². The smallest absolute Gasteiger partial charge is 0.280 e. The van der Waals surface area contributed by atoms with E-state index in [0.29, 0.717) is 41.6 Å². The van der Waals surface area contributed by atoms with Crippen LogP contribution >= 0.6 is 11.3 Å². The number of nitrogens with one attached hydrogen (secondary N) is 2. The Labute approximate surface area is 169 Å². The fourth-order valence-electron chi connectivity index (χ4n) is 3.34. The molecule has 0 spiro atoms. The van der Waals surface area contributed by atoms with Crippen LogP contribution in [0.5, 0.6) is 0 Å². The highest BCUT2D eigenvalue weighted by Gasteiger charge is 2.32. The summed E-state index contributed by atoms with van der Waals surface area (Å²) in [6.45, 7) is 5.87. The van der Waals surface area contributed by atoms with Crippen molar-refractivity contribution in [1.29, 1.82) is 5.26 Å². The zero-order valence-corrected chi connectivity index (χ0v) is 17.5. The van der Waals surface area contributed by atoms with Gasteiger partial charge in [0, 0.05) is 0 Å². The summed E-state index contributed by atoms with van der Waals surface area (Å²) in [5, 5.41) is 14.1. The van der Waals surface area contributed by atoms with Gasteiger partial charge in [-0.3, -0.25) is 4.79 Å². The van der Waals surface area contributed by atoms with Crippen LogP contribution < -0.4 is 10.2 Å². The Hall–Kier alpha value is -2.25. The molecule has 3 rings (SSSR count). The quantitative estimate of drug-likeness (QED) is 0.748. The fourth-order valence-corrected chi connectivity index (χ4v) is 5.74. The number of sulfonamides is 1. The average Bonchev–Trinajstić information content (AvgIpc) is 3.08. The van der Waals surface area contributed by atoms with Gasteiger partial charge in [0.25, 0.3) is 5.91 Å². The molecule has 1 saturated heterocycles. The Morgan fingerprint density at radius 3 is 2.64 bits per heavy atom. The lowest BCUT2D eigenvalue weighted by Crippen LogP contribution is -3.15. The zero-order valence-electron chi connectivity index (χ0n) is 15.9. The third-order valence-electron chi connectivity index (χ3n) is 4.83. The van der Waals surface area contributed by atoms with Gasteiger partial charge in [0.1, 0.15) is 11.1 Å². The van der Waals surface area contributed by atoms with Crippen molar-refractivity contribution in [3.63, 3.8) is 0 Å². The van der Waals surface area contributed by atoms with Crippen LogP contribution in [0.25, 0.3) is 0 Å². The number of thiophene rings is 1. The lowest BCUT2D eigenvalue weighted by molar-refractivity contribution is -0.895. The molecule has 0 bridgehead atoms. The second-order valence-electron chi connectivity index (χ2n) is 6.92. The number of amides is 1. The molecule has 0 aliphatic carbocycles. The lowest BCUT2D eigenvalue weighted by atomic mass is 10.2. The molecule has 1 aliphatic rings. The largest absolute Gasteiger partial charge is 0.325 e. The predicted molar refractivity (Wildman–Crippen MR) is 108 cm³/mol. The molecule has 0 saturated carbocycles. The summed E-state index contributed by atoms with van der Waals surface area (Å²) in [6, 6.07) is 9.07. The first-order valence-electron chi connectivity index (χ1n) is 8.99. The van der Waals surface area contributed by atoms with Crippen LogP contribution in [-0.2, 0) is 14.8 Å². The molecule has 1 fully saturated rings. The van der Waals surface area contributed by atoms with Gasteiger partial charge in [-0.15, -0.1) is 11.3 Å². The third kappa shape index (κ3) is 4.42. The number of rotatable bonds is 5. The van der Waals surface area contributed by atoms with Crippen LogP contribution in [0.1, 0.15) is 16.7 Å². The van der Waals surface area contributed by atoms with Crippen LogP contribution in [0.3, 0.4) is 0 Å². The van der Waals surface area contributed by atoms with Crippen LogP contribution in [0.15, 0.2) is 34.5 Å². The number of nitrogens with zero attached hydrogens (tertiary/aromatic N) is 2. The Kier molecular flexibility index (Phi) is 6.15. The highest BCUT2D eigenvalue weighted by molar-refractivity contribution is 7.89. The first kappa shape index (κ1) is 20.5. The van der Waals surface area contributed by atoms with E-state index in [1.165, 1.54) is 15.6 Å². The number of piperazine rings is 1. The highest BCUT2D eigenvalue weighted by atomic mass is 32.2. The maximum Gasteiger partial charge on any atom is 0.280 e. The van der Waals surface area contributed by atoms with Crippen molar-refractivity contribution in [3.05, 3.63) is 46.3 Å². The molecule has 2 aromatic rings. The van der Waals surface area contributed by atoms with Gasteiger partial charge in [-0.2, -0.15) is 9.57 Å². The van der Waals surface area contributed by atoms with Crippen molar-refractivity contribution in [1.82, 2.24) is 4.31 Å². The van der Waals surface area contributed by atoms with Gasteiger partial charge in [-0.1, -0.05) is 17.7 Å². The highest BCUT2D eigenvalue weighted by Crippen LogP contribution is 2.22. The Bertz CT molecular complexity index is 1020. The molecule has 0 radical (unpaired) electrons. The van der Waals surface area contributed by atoms with Crippen LogP contribution in [0, 0.1) is 25.2 Å².